The van der Waals surface area contributed by atoms with E-state index in [1.165, 1.54) is 0 Å². The van der Waals surface area contributed by atoms with Crippen molar-refractivity contribution in [3.8, 4) is 0 Å². The van der Waals surface area contributed by atoms with Crippen molar-refractivity contribution < 1.29 is 19.1 Å². The van der Waals surface area contributed by atoms with Crippen molar-refractivity contribution in [3.05, 3.63) is 33.8 Å². The van der Waals surface area contributed by atoms with Crippen molar-refractivity contribution in [2.24, 2.45) is 22.4 Å². The molecule has 0 fully saturated rings. The zero-order chi connectivity index (χ0) is 23.7. The van der Waals surface area contributed by atoms with Gasteiger partial charge in [-0.05, 0) is 37.0 Å². The number of nitrogens with zero attached hydrogens (tertiary/aromatic N) is 1. The first-order valence-corrected chi connectivity index (χ1v) is 10.5. The second-order valence-electron chi connectivity index (χ2n) is 7.30. The molecule has 0 aliphatic heterocycles. The number of hydrogen-bond donors (Lipinski definition) is 4. The molecule has 0 aliphatic rings. The highest BCUT2D eigenvalue weighted by atomic mass is 35.5. The summed E-state index contributed by atoms with van der Waals surface area (Å²) in [5, 5.41) is 5.69. The van der Waals surface area contributed by atoms with E-state index in [1.807, 2.05) is 20.8 Å². The van der Waals surface area contributed by atoms with Crippen molar-refractivity contribution in [2.45, 2.75) is 58.7 Å². The van der Waals surface area contributed by atoms with E-state index in [4.69, 9.17) is 39.4 Å². The van der Waals surface area contributed by atoms with Crippen molar-refractivity contribution in [3.63, 3.8) is 0 Å². The van der Waals surface area contributed by atoms with Crippen LogP contribution >= 0.6 is 23.2 Å². The van der Waals surface area contributed by atoms with Crippen LogP contribution in [0.2, 0.25) is 10.0 Å². The van der Waals surface area contributed by atoms with Gasteiger partial charge in [-0.25, -0.2) is 4.79 Å². The Kier molecular flexibility index (Phi) is 10.7. The van der Waals surface area contributed by atoms with Crippen LogP contribution in [0.5, 0.6) is 0 Å². The molecule has 0 radical (unpaired) electrons. The summed E-state index contributed by atoms with van der Waals surface area (Å²) in [4.78, 5) is 39.8. The number of nitrogens with two attached hydrogens (primary N) is 2. The van der Waals surface area contributed by atoms with Gasteiger partial charge in [0.25, 0.3) is 0 Å². The molecule has 6 N–H and O–H groups in total. The number of carbonyl (C=O) groups is 3. The third kappa shape index (κ3) is 8.72. The van der Waals surface area contributed by atoms with Crippen molar-refractivity contribution in [1.82, 2.24) is 10.6 Å². The van der Waals surface area contributed by atoms with Crippen molar-refractivity contribution in [1.29, 1.82) is 0 Å². The molecule has 0 heterocycles. The van der Waals surface area contributed by atoms with Crippen LogP contribution in [0.3, 0.4) is 0 Å². The highest BCUT2D eigenvalue weighted by Crippen LogP contribution is 2.24. The van der Waals surface area contributed by atoms with Gasteiger partial charge in [0.2, 0.25) is 17.8 Å². The fourth-order valence-electron chi connectivity index (χ4n) is 2.58. The van der Waals surface area contributed by atoms with E-state index in [0.717, 1.165) is 0 Å². The maximum atomic E-state index is 12.2. The summed E-state index contributed by atoms with van der Waals surface area (Å²) in [6, 6.07) is 3.72. The molecule has 3 amide bonds. The number of aliphatic imine (C=N–C) groups is 1. The number of ether oxygens (including phenoxy) is 1. The number of nitrogens with one attached hydrogen (secondary N) is 2. The quantitative estimate of drug-likeness (QED) is 0.336. The highest BCUT2D eigenvalue weighted by molar-refractivity contribution is 6.36. The molecular formula is C20H29Cl2N5O4. The average Bonchev–Trinajstić information content (AvgIpc) is 2.67. The lowest BCUT2D eigenvalue weighted by molar-refractivity contribution is -0.124. The van der Waals surface area contributed by atoms with Gasteiger partial charge in [-0.2, -0.15) is 0 Å². The van der Waals surface area contributed by atoms with E-state index in [1.54, 1.807) is 25.1 Å². The van der Waals surface area contributed by atoms with E-state index >= 15 is 0 Å². The van der Waals surface area contributed by atoms with Crippen LogP contribution in [0.4, 0.5) is 4.79 Å². The third-order valence-corrected chi connectivity index (χ3v) is 5.23. The van der Waals surface area contributed by atoms with Gasteiger partial charge < -0.3 is 21.5 Å². The fraction of sp³-hybridized carbons (Fsp3) is 0.500. The molecule has 172 valence electrons. The first-order chi connectivity index (χ1) is 14.5. The third-order valence-electron chi connectivity index (χ3n) is 4.52. The molecule has 9 nitrogen and oxygen atoms in total. The van der Waals surface area contributed by atoms with Crippen LogP contribution in [0, 0.1) is 5.92 Å². The van der Waals surface area contributed by atoms with Gasteiger partial charge in [0.05, 0.1) is 18.5 Å². The van der Waals surface area contributed by atoms with Crippen LogP contribution in [0.15, 0.2) is 23.2 Å². The summed E-state index contributed by atoms with van der Waals surface area (Å²) >= 11 is 12.1. The smallest absolute Gasteiger partial charge is 0.437 e. The number of benzene rings is 1. The summed E-state index contributed by atoms with van der Waals surface area (Å²) in [6.45, 7) is 7.10. The lowest BCUT2D eigenvalue weighted by atomic mass is 10.0. The summed E-state index contributed by atoms with van der Waals surface area (Å²) < 4.78 is 5.20. The van der Waals surface area contributed by atoms with E-state index in [2.05, 4.69) is 15.6 Å². The van der Waals surface area contributed by atoms with Gasteiger partial charge in [0.15, 0.2) is 0 Å². The Balaban J connectivity index is 2.65. The normalized spacial score (nSPS) is 14.5. The summed E-state index contributed by atoms with van der Waals surface area (Å²) in [6.07, 6.45) is -1.36. The molecule has 0 aromatic heterocycles. The minimum Gasteiger partial charge on any atom is -0.443 e. The molecule has 1 aromatic carbocycles. The minimum atomic E-state index is -1.01. The molecular weight excluding hydrogens is 445 g/mol. The number of rotatable bonds is 8. The number of guanidine groups is 1. The largest absolute Gasteiger partial charge is 0.443 e. The van der Waals surface area contributed by atoms with Crippen LogP contribution < -0.4 is 22.1 Å². The summed E-state index contributed by atoms with van der Waals surface area (Å²) in [5.74, 6) is -1.37. The predicted octanol–water partition coefficient (Wildman–Crippen LogP) is 2.37. The molecule has 11 heteroatoms. The fourth-order valence-corrected chi connectivity index (χ4v) is 3.11. The van der Waals surface area contributed by atoms with Crippen molar-refractivity contribution >= 4 is 47.1 Å². The number of hydrogen-bond acceptors (Lipinski definition) is 5. The van der Waals surface area contributed by atoms with Crippen LogP contribution in [-0.2, 0) is 20.7 Å². The molecule has 1 rings (SSSR count). The van der Waals surface area contributed by atoms with Gasteiger partial charge >= 0.3 is 6.09 Å². The van der Waals surface area contributed by atoms with Gasteiger partial charge in [0.1, 0.15) is 6.10 Å². The number of carbonyl (C=O) groups excluding carboxylic acids is 3. The maximum Gasteiger partial charge on any atom is 0.437 e. The number of halogens is 2. The average molecular weight is 474 g/mol. The van der Waals surface area contributed by atoms with Crippen LogP contribution in [-0.4, -0.2) is 42.1 Å². The maximum absolute atomic E-state index is 12.2. The Bertz CT molecular complexity index is 812. The van der Waals surface area contributed by atoms with E-state index in [9.17, 15) is 14.4 Å². The molecule has 1 aromatic rings. The second kappa shape index (κ2) is 12.5. The molecule has 31 heavy (non-hydrogen) atoms. The number of amides is 3. The Hall–Kier alpha value is -2.36. The molecule has 3 atom stereocenters. The Morgan fingerprint density at radius 2 is 1.74 bits per heavy atom. The topological polar surface area (TPSA) is 149 Å². The Labute approximate surface area is 191 Å². The molecule has 0 saturated heterocycles. The van der Waals surface area contributed by atoms with Gasteiger partial charge in [-0.15, -0.1) is 4.99 Å². The zero-order valence-corrected chi connectivity index (χ0v) is 19.5. The van der Waals surface area contributed by atoms with Gasteiger partial charge in [-0.3, -0.25) is 14.9 Å². The van der Waals surface area contributed by atoms with Gasteiger partial charge in [-0.1, -0.05) is 50.0 Å². The minimum absolute atomic E-state index is 0.0379. The summed E-state index contributed by atoms with van der Waals surface area (Å²) in [5.41, 5.74) is 11.9. The monoisotopic (exact) mass is 473 g/mol. The zero-order valence-electron chi connectivity index (χ0n) is 17.9. The lowest BCUT2D eigenvalue weighted by Gasteiger charge is -2.25. The Morgan fingerprint density at radius 1 is 1.16 bits per heavy atom. The Morgan fingerprint density at radius 3 is 2.26 bits per heavy atom. The van der Waals surface area contributed by atoms with Crippen LogP contribution in [0.1, 0.15) is 39.7 Å². The highest BCUT2D eigenvalue weighted by Gasteiger charge is 2.25. The summed E-state index contributed by atoms with van der Waals surface area (Å²) in [7, 11) is 0. The van der Waals surface area contributed by atoms with E-state index < -0.39 is 36.1 Å². The van der Waals surface area contributed by atoms with E-state index in [0.29, 0.717) is 22.0 Å². The SMILES string of the molecule is CC[C@@H](NC(=O)[C@@H](N)C(C)C)[C@@H](C)OC(=O)N=C(N)NC(=O)Cc1c(Cl)cccc1Cl. The van der Waals surface area contributed by atoms with Crippen LogP contribution in [0.25, 0.3) is 0 Å². The predicted molar refractivity (Wildman–Crippen MR) is 121 cm³/mol. The molecule has 0 bridgehead atoms. The molecule has 0 unspecified atom stereocenters. The molecule has 0 aliphatic carbocycles. The molecule has 0 saturated carbocycles. The van der Waals surface area contributed by atoms with Crippen molar-refractivity contribution in [2.75, 3.05) is 0 Å². The lowest BCUT2D eigenvalue weighted by Crippen LogP contribution is -2.51. The first kappa shape index (κ1) is 26.7. The van der Waals surface area contributed by atoms with E-state index in [-0.39, 0.29) is 18.2 Å². The second-order valence-corrected chi connectivity index (χ2v) is 8.12. The molecule has 0 spiro atoms. The standard InChI is InChI=1S/C20H29Cl2N5O4/c1-5-15(25-18(29)17(23)10(2)3)11(4)31-20(30)27-19(24)26-16(28)9-12-13(21)7-6-8-14(12)22/h6-8,10-11,15,17H,5,9,23H2,1-4H3,(H,25,29)(H3,24,26,27,28,30)/t11-,15-,17+/m1/s1. The first-order valence-electron chi connectivity index (χ1n) is 9.79. The van der Waals surface area contributed by atoms with Gasteiger partial charge in [0, 0.05) is 10.0 Å².